The molecule has 0 spiro atoms. The molecule has 0 aliphatic rings. The second-order valence-electron chi connectivity index (χ2n) is 1.37. The van der Waals surface area contributed by atoms with Crippen molar-refractivity contribution in [2.24, 2.45) is 0 Å². The van der Waals surface area contributed by atoms with Crippen LogP contribution in [0.2, 0.25) is 0 Å². The Hall–Kier alpha value is -0.760. The Labute approximate surface area is 53.4 Å². The lowest BCUT2D eigenvalue weighted by Crippen LogP contribution is -1.79. The van der Waals surface area contributed by atoms with E-state index in [9.17, 15) is 0 Å². The number of thiocarbonyl (C=S) groups is 1. The van der Waals surface area contributed by atoms with E-state index in [0.717, 1.165) is 5.69 Å². The third-order valence-electron chi connectivity index (χ3n) is 0.809. The van der Waals surface area contributed by atoms with Crippen LogP contribution in [0.4, 0.5) is 0 Å². The Bertz CT molecular complexity index is 171. The first-order valence-electron chi connectivity index (χ1n) is 2.29. The number of nitrogens with zero attached hydrogens (tertiary/aromatic N) is 1. The third-order valence-corrected chi connectivity index (χ3v) is 1.05. The van der Waals surface area contributed by atoms with Gasteiger partial charge in [0.05, 0.1) is 5.69 Å². The van der Waals surface area contributed by atoms with Gasteiger partial charge in [0.1, 0.15) is 0 Å². The maximum absolute atomic E-state index is 4.63. The van der Waals surface area contributed by atoms with Gasteiger partial charge in [-0.2, -0.15) is 0 Å². The maximum Gasteiger partial charge on any atom is 0.0736 e. The number of pyridine rings is 1. The fraction of sp³-hybridized carbons (Fsp3) is 0. The Morgan fingerprint density at radius 1 is 1.50 bits per heavy atom. The highest BCUT2D eigenvalue weighted by Gasteiger charge is 1.78. The molecule has 0 N–H and O–H groups in total. The number of aromatic nitrogens is 1. The highest BCUT2D eigenvalue weighted by atomic mass is 32.1. The van der Waals surface area contributed by atoms with Crippen molar-refractivity contribution < 1.29 is 0 Å². The van der Waals surface area contributed by atoms with E-state index in [0.29, 0.717) is 0 Å². The zero-order valence-electron chi connectivity index (χ0n) is 4.24. The summed E-state index contributed by atoms with van der Waals surface area (Å²) >= 11 is 4.63. The van der Waals surface area contributed by atoms with Crippen molar-refractivity contribution in [2.45, 2.75) is 0 Å². The lowest BCUT2D eigenvalue weighted by Gasteiger charge is -1.83. The summed E-state index contributed by atoms with van der Waals surface area (Å²) in [6, 6.07) is 5.64. The quantitative estimate of drug-likeness (QED) is 0.524. The van der Waals surface area contributed by atoms with Gasteiger partial charge < -0.3 is 0 Å². The van der Waals surface area contributed by atoms with E-state index < -0.39 is 0 Å². The molecule has 0 radical (unpaired) electrons. The summed E-state index contributed by atoms with van der Waals surface area (Å²) in [6.07, 6.45) is 1.72. The maximum atomic E-state index is 4.63. The summed E-state index contributed by atoms with van der Waals surface area (Å²) in [5.74, 6) is 0. The molecule has 2 heteroatoms. The van der Waals surface area contributed by atoms with E-state index in [-0.39, 0.29) is 0 Å². The van der Waals surface area contributed by atoms with Crippen molar-refractivity contribution in [3.63, 3.8) is 0 Å². The Balaban J connectivity index is 2.99. The highest BCUT2D eigenvalue weighted by Crippen LogP contribution is 1.86. The molecule has 0 saturated carbocycles. The van der Waals surface area contributed by atoms with E-state index in [1.807, 2.05) is 18.2 Å². The smallest absolute Gasteiger partial charge is 0.0736 e. The largest absolute Gasteiger partial charge is 0.256 e. The van der Waals surface area contributed by atoms with Crippen LogP contribution in [0.5, 0.6) is 0 Å². The van der Waals surface area contributed by atoms with Crippen molar-refractivity contribution in [3.05, 3.63) is 30.1 Å². The second kappa shape index (κ2) is 2.52. The van der Waals surface area contributed by atoms with Gasteiger partial charge in [-0.3, -0.25) is 4.98 Å². The molecule has 8 heavy (non-hydrogen) atoms. The summed E-state index contributed by atoms with van der Waals surface area (Å²) in [4.78, 5) is 3.94. The molecule has 0 atom stereocenters. The van der Waals surface area contributed by atoms with Gasteiger partial charge >= 0.3 is 0 Å². The molecule has 0 aliphatic carbocycles. The highest BCUT2D eigenvalue weighted by molar-refractivity contribution is 7.79. The normalized spacial score (nSPS) is 8.50. The van der Waals surface area contributed by atoms with E-state index >= 15 is 0 Å². The molecule has 40 valence electrons. The minimum absolute atomic E-state index is 0.850. The molecular weight excluding hydrogens is 118 g/mol. The molecule has 0 amide bonds. The third kappa shape index (κ3) is 1.10. The first kappa shape index (κ1) is 5.38. The minimum atomic E-state index is 0.850. The molecule has 1 rings (SSSR count). The molecule has 1 aromatic rings. The van der Waals surface area contributed by atoms with Gasteiger partial charge in [-0.1, -0.05) is 18.3 Å². The molecule has 0 unspecified atom stereocenters. The molecule has 1 heterocycles. The number of hydrogen-bond donors (Lipinski definition) is 0. The van der Waals surface area contributed by atoms with Gasteiger partial charge in [0, 0.05) is 11.6 Å². The fourth-order valence-electron chi connectivity index (χ4n) is 0.446. The molecule has 0 fully saturated rings. The lowest BCUT2D eigenvalue weighted by molar-refractivity contribution is 1.31. The van der Waals surface area contributed by atoms with Crippen LogP contribution >= 0.6 is 12.2 Å². The van der Waals surface area contributed by atoms with Crippen LogP contribution in [0.3, 0.4) is 0 Å². The molecule has 1 aromatic heterocycles. The summed E-state index contributed by atoms with van der Waals surface area (Å²) in [5.41, 5.74) is 0.850. The number of rotatable bonds is 1. The Morgan fingerprint density at radius 2 is 2.38 bits per heavy atom. The average Bonchev–Trinajstić information content (AvgIpc) is 1.90. The van der Waals surface area contributed by atoms with Gasteiger partial charge in [0.2, 0.25) is 0 Å². The predicted octanol–water partition coefficient (Wildman–Crippen LogP) is 1.43. The van der Waals surface area contributed by atoms with Crippen LogP contribution in [0.1, 0.15) is 5.69 Å². The van der Waals surface area contributed by atoms with Crippen LogP contribution < -0.4 is 0 Å². The minimum Gasteiger partial charge on any atom is -0.256 e. The van der Waals surface area contributed by atoms with Crippen molar-refractivity contribution in [2.75, 3.05) is 0 Å². The van der Waals surface area contributed by atoms with Crippen molar-refractivity contribution in [1.82, 2.24) is 4.98 Å². The van der Waals surface area contributed by atoms with Gasteiger partial charge in [0.25, 0.3) is 0 Å². The lowest BCUT2D eigenvalue weighted by atomic mass is 10.4. The summed E-state index contributed by atoms with van der Waals surface area (Å²) < 4.78 is 0. The Morgan fingerprint density at radius 3 is 2.75 bits per heavy atom. The van der Waals surface area contributed by atoms with Gasteiger partial charge in [0.15, 0.2) is 0 Å². The summed E-state index contributed by atoms with van der Waals surface area (Å²) in [7, 11) is 0. The van der Waals surface area contributed by atoms with E-state index in [1.165, 1.54) is 0 Å². The molecule has 0 aliphatic heterocycles. The van der Waals surface area contributed by atoms with Crippen molar-refractivity contribution in [1.29, 1.82) is 0 Å². The Kier molecular flexibility index (Phi) is 1.70. The van der Waals surface area contributed by atoms with Crippen molar-refractivity contribution in [3.8, 4) is 0 Å². The summed E-state index contributed by atoms with van der Waals surface area (Å²) in [5, 5.41) is 1.56. The first-order chi connectivity index (χ1) is 3.93. The summed E-state index contributed by atoms with van der Waals surface area (Å²) in [6.45, 7) is 0. The average molecular weight is 123 g/mol. The molecule has 1 nitrogen and oxygen atoms in total. The second-order valence-corrected chi connectivity index (χ2v) is 1.61. The van der Waals surface area contributed by atoms with Crippen LogP contribution in [0.25, 0.3) is 0 Å². The zero-order chi connectivity index (χ0) is 5.82. The first-order valence-corrected chi connectivity index (χ1v) is 2.77. The van der Waals surface area contributed by atoms with Gasteiger partial charge in [-0.05, 0) is 12.1 Å². The van der Waals surface area contributed by atoms with E-state index in [1.54, 1.807) is 11.6 Å². The van der Waals surface area contributed by atoms with Crippen LogP contribution in [0, 0.1) is 0 Å². The standard InChI is InChI=1S/C6H5NS/c8-5-6-3-1-2-4-7-6/h1-5H. The van der Waals surface area contributed by atoms with Crippen molar-refractivity contribution >= 4 is 17.6 Å². The number of hydrogen-bond acceptors (Lipinski definition) is 2. The zero-order valence-corrected chi connectivity index (χ0v) is 5.06. The predicted molar refractivity (Wildman–Crippen MR) is 37.0 cm³/mol. The van der Waals surface area contributed by atoms with Crippen LogP contribution in [-0.4, -0.2) is 10.4 Å². The molecular formula is C6H5NS. The molecule has 0 aromatic carbocycles. The molecule has 0 saturated heterocycles. The van der Waals surface area contributed by atoms with Crippen LogP contribution in [0.15, 0.2) is 24.4 Å². The van der Waals surface area contributed by atoms with Gasteiger partial charge in [-0.15, -0.1) is 0 Å². The van der Waals surface area contributed by atoms with E-state index in [2.05, 4.69) is 17.2 Å². The topological polar surface area (TPSA) is 12.9 Å². The van der Waals surface area contributed by atoms with Crippen LogP contribution in [-0.2, 0) is 0 Å². The fourth-order valence-corrected chi connectivity index (χ4v) is 0.585. The van der Waals surface area contributed by atoms with Gasteiger partial charge in [-0.25, -0.2) is 0 Å². The monoisotopic (exact) mass is 123 g/mol. The molecule has 0 bridgehead atoms. The van der Waals surface area contributed by atoms with E-state index in [4.69, 9.17) is 0 Å². The SMILES string of the molecule is S=Cc1ccccn1.